The van der Waals surface area contributed by atoms with Crippen LogP contribution in [-0.2, 0) is 0 Å². The summed E-state index contributed by atoms with van der Waals surface area (Å²) in [6.07, 6.45) is 7.48. The lowest BCUT2D eigenvalue weighted by Crippen LogP contribution is -2.39. The SMILES string of the molecule is C#CCN1CCC(Nc2cc3[nH]c(=O)[nH]c3cc2Br)CC1. The van der Waals surface area contributed by atoms with E-state index in [9.17, 15) is 4.79 Å². The Bertz CT molecular complexity index is 734. The molecule has 1 saturated heterocycles. The van der Waals surface area contributed by atoms with Crippen molar-refractivity contribution in [3.63, 3.8) is 0 Å². The molecular formula is C15H17BrN4O. The Hall–Kier alpha value is -1.71. The van der Waals surface area contributed by atoms with Crippen LogP contribution in [0.1, 0.15) is 12.8 Å². The van der Waals surface area contributed by atoms with Crippen molar-refractivity contribution in [2.45, 2.75) is 18.9 Å². The van der Waals surface area contributed by atoms with Crippen LogP contribution in [0.15, 0.2) is 21.4 Å². The molecule has 2 aromatic rings. The smallest absolute Gasteiger partial charge is 0.323 e. The lowest BCUT2D eigenvalue weighted by Gasteiger charge is -2.31. The van der Waals surface area contributed by atoms with Gasteiger partial charge >= 0.3 is 5.69 Å². The van der Waals surface area contributed by atoms with Gasteiger partial charge in [-0.15, -0.1) is 6.42 Å². The van der Waals surface area contributed by atoms with E-state index >= 15 is 0 Å². The molecule has 1 aliphatic rings. The van der Waals surface area contributed by atoms with E-state index in [0.29, 0.717) is 6.04 Å². The van der Waals surface area contributed by atoms with E-state index in [1.54, 1.807) is 0 Å². The maximum absolute atomic E-state index is 11.3. The number of anilines is 1. The average Bonchev–Trinajstić information content (AvgIpc) is 2.81. The Labute approximate surface area is 131 Å². The van der Waals surface area contributed by atoms with Gasteiger partial charge < -0.3 is 15.3 Å². The van der Waals surface area contributed by atoms with Gasteiger partial charge in [-0.25, -0.2) is 4.79 Å². The van der Waals surface area contributed by atoms with Crippen molar-refractivity contribution in [3.8, 4) is 12.3 Å². The molecule has 6 heteroatoms. The highest BCUT2D eigenvalue weighted by molar-refractivity contribution is 9.10. The first-order valence-electron chi connectivity index (χ1n) is 6.99. The fraction of sp³-hybridized carbons (Fsp3) is 0.400. The Morgan fingerprint density at radius 3 is 2.67 bits per heavy atom. The largest absolute Gasteiger partial charge is 0.381 e. The van der Waals surface area contributed by atoms with Gasteiger partial charge in [-0.05, 0) is 40.9 Å². The van der Waals surface area contributed by atoms with Crippen LogP contribution in [0, 0.1) is 12.3 Å². The summed E-state index contributed by atoms with van der Waals surface area (Å²) in [4.78, 5) is 19.2. The van der Waals surface area contributed by atoms with Crippen molar-refractivity contribution in [1.29, 1.82) is 0 Å². The maximum atomic E-state index is 11.3. The van der Waals surface area contributed by atoms with E-state index in [2.05, 4.69) is 42.0 Å². The van der Waals surface area contributed by atoms with Crippen molar-refractivity contribution in [2.24, 2.45) is 0 Å². The van der Waals surface area contributed by atoms with E-state index in [1.165, 1.54) is 0 Å². The number of aromatic nitrogens is 2. The maximum Gasteiger partial charge on any atom is 0.323 e. The molecule has 0 saturated carbocycles. The molecule has 0 bridgehead atoms. The fourth-order valence-electron chi connectivity index (χ4n) is 2.75. The normalized spacial score (nSPS) is 17.0. The number of piperidine rings is 1. The van der Waals surface area contributed by atoms with Gasteiger partial charge in [-0.1, -0.05) is 5.92 Å². The first-order chi connectivity index (χ1) is 10.2. The number of nitrogens with zero attached hydrogens (tertiary/aromatic N) is 1. The Morgan fingerprint density at radius 1 is 1.33 bits per heavy atom. The molecule has 1 aliphatic heterocycles. The Kier molecular flexibility index (Phi) is 4.04. The summed E-state index contributed by atoms with van der Waals surface area (Å²) in [5.74, 6) is 2.69. The lowest BCUT2D eigenvalue weighted by molar-refractivity contribution is 0.243. The predicted molar refractivity (Wildman–Crippen MR) is 88.5 cm³/mol. The number of benzene rings is 1. The number of terminal acetylenes is 1. The molecule has 0 unspecified atom stereocenters. The van der Waals surface area contributed by atoms with Crippen LogP contribution in [-0.4, -0.2) is 40.5 Å². The highest BCUT2D eigenvalue weighted by Crippen LogP contribution is 2.28. The second-order valence-electron chi connectivity index (χ2n) is 5.36. The number of rotatable bonds is 3. The quantitative estimate of drug-likeness (QED) is 0.744. The average molecular weight is 349 g/mol. The first kappa shape index (κ1) is 14.2. The number of hydrogen-bond donors (Lipinski definition) is 3. The van der Waals surface area contributed by atoms with Crippen molar-refractivity contribution in [3.05, 3.63) is 27.1 Å². The third-order valence-corrected chi connectivity index (χ3v) is 4.52. The molecule has 0 spiro atoms. The third-order valence-electron chi connectivity index (χ3n) is 3.87. The highest BCUT2D eigenvalue weighted by atomic mass is 79.9. The summed E-state index contributed by atoms with van der Waals surface area (Å²) in [6, 6.07) is 4.31. The monoisotopic (exact) mass is 348 g/mol. The molecule has 110 valence electrons. The minimum atomic E-state index is -0.184. The highest BCUT2D eigenvalue weighted by Gasteiger charge is 2.19. The molecule has 3 rings (SSSR count). The zero-order valence-corrected chi connectivity index (χ0v) is 13.2. The van der Waals surface area contributed by atoms with E-state index in [1.807, 2.05) is 12.1 Å². The molecule has 3 N–H and O–H groups in total. The number of likely N-dealkylation sites (tertiary alicyclic amines) is 1. The zero-order valence-electron chi connectivity index (χ0n) is 11.6. The van der Waals surface area contributed by atoms with Gasteiger partial charge in [0.25, 0.3) is 0 Å². The van der Waals surface area contributed by atoms with Crippen LogP contribution in [0.3, 0.4) is 0 Å². The molecule has 0 radical (unpaired) electrons. The molecule has 0 aliphatic carbocycles. The minimum absolute atomic E-state index is 0.184. The van der Waals surface area contributed by atoms with Crippen LogP contribution in [0.25, 0.3) is 11.0 Å². The molecule has 0 amide bonds. The van der Waals surface area contributed by atoms with Crippen LogP contribution in [0.4, 0.5) is 5.69 Å². The predicted octanol–water partition coefficient (Wildman–Crippen LogP) is 2.13. The van der Waals surface area contributed by atoms with Crippen LogP contribution >= 0.6 is 15.9 Å². The molecule has 21 heavy (non-hydrogen) atoms. The number of hydrogen-bond acceptors (Lipinski definition) is 3. The number of halogens is 1. The number of imidazole rings is 1. The first-order valence-corrected chi connectivity index (χ1v) is 7.79. The third kappa shape index (κ3) is 3.14. The van der Waals surface area contributed by atoms with Gasteiger partial charge in [0, 0.05) is 23.6 Å². The molecule has 0 atom stereocenters. The van der Waals surface area contributed by atoms with Crippen molar-refractivity contribution in [2.75, 3.05) is 25.0 Å². The minimum Gasteiger partial charge on any atom is -0.381 e. The number of nitrogens with one attached hydrogen (secondary N) is 3. The second kappa shape index (κ2) is 5.96. The summed E-state index contributed by atoms with van der Waals surface area (Å²) < 4.78 is 0.955. The van der Waals surface area contributed by atoms with Gasteiger partial charge in [0.1, 0.15) is 0 Å². The number of H-pyrrole nitrogens is 2. The fourth-order valence-corrected chi connectivity index (χ4v) is 3.21. The topological polar surface area (TPSA) is 63.9 Å². The Morgan fingerprint density at radius 2 is 2.00 bits per heavy atom. The summed E-state index contributed by atoms with van der Waals surface area (Å²) in [5, 5.41) is 3.55. The number of fused-ring (bicyclic) bond motifs is 1. The molecule has 1 fully saturated rings. The molecule has 1 aromatic heterocycles. The van der Waals surface area contributed by atoms with E-state index in [-0.39, 0.29) is 5.69 Å². The summed E-state index contributed by atoms with van der Waals surface area (Å²) in [6.45, 7) is 2.76. The van der Waals surface area contributed by atoms with Gasteiger partial charge in [0.2, 0.25) is 0 Å². The van der Waals surface area contributed by atoms with Gasteiger partial charge in [-0.3, -0.25) is 4.90 Å². The summed E-state index contributed by atoms with van der Waals surface area (Å²) in [5.41, 5.74) is 2.45. The van der Waals surface area contributed by atoms with Crippen molar-refractivity contribution >= 4 is 32.7 Å². The molecule has 1 aromatic carbocycles. The summed E-state index contributed by atoms with van der Waals surface area (Å²) >= 11 is 3.55. The second-order valence-corrected chi connectivity index (χ2v) is 6.21. The van der Waals surface area contributed by atoms with Crippen molar-refractivity contribution < 1.29 is 0 Å². The zero-order chi connectivity index (χ0) is 14.8. The lowest BCUT2D eigenvalue weighted by atomic mass is 10.0. The molecule has 2 heterocycles. The molecule has 5 nitrogen and oxygen atoms in total. The van der Waals surface area contributed by atoms with Gasteiger partial charge in [-0.2, -0.15) is 0 Å². The van der Waals surface area contributed by atoms with E-state index in [0.717, 1.165) is 53.7 Å². The standard InChI is InChI=1S/C15H17BrN4O/c1-2-5-20-6-3-10(4-7-20)17-12-9-14-13(8-11(12)16)18-15(21)19-14/h1,8-10,17H,3-7H2,(H2,18,19,21). The Balaban J connectivity index is 1.72. The van der Waals surface area contributed by atoms with Crippen LogP contribution in [0.5, 0.6) is 0 Å². The number of aromatic amines is 2. The van der Waals surface area contributed by atoms with E-state index in [4.69, 9.17) is 6.42 Å². The van der Waals surface area contributed by atoms with E-state index < -0.39 is 0 Å². The van der Waals surface area contributed by atoms with Crippen molar-refractivity contribution in [1.82, 2.24) is 14.9 Å². The van der Waals surface area contributed by atoms with Crippen LogP contribution < -0.4 is 11.0 Å². The summed E-state index contributed by atoms with van der Waals surface area (Å²) in [7, 11) is 0. The molecular weight excluding hydrogens is 332 g/mol. The van der Waals surface area contributed by atoms with Gasteiger partial charge in [0.15, 0.2) is 0 Å². The van der Waals surface area contributed by atoms with Gasteiger partial charge in [0.05, 0.1) is 23.3 Å². The van der Waals surface area contributed by atoms with Crippen LogP contribution in [0.2, 0.25) is 0 Å².